The van der Waals surface area contributed by atoms with E-state index in [-0.39, 0.29) is 39.1 Å². The van der Waals surface area contributed by atoms with Crippen LogP contribution in [-0.2, 0) is 26.2 Å². The van der Waals surface area contributed by atoms with E-state index < -0.39 is 28.5 Å². The summed E-state index contributed by atoms with van der Waals surface area (Å²) < 4.78 is 29.5. The maximum atomic E-state index is 13.9. The summed E-state index contributed by atoms with van der Waals surface area (Å²) in [5.74, 6) is -0.926. The first-order valence-corrected chi connectivity index (χ1v) is 15.2. The van der Waals surface area contributed by atoms with E-state index in [4.69, 9.17) is 23.2 Å². The van der Waals surface area contributed by atoms with Crippen LogP contribution in [0.4, 0.5) is 5.69 Å². The summed E-state index contributed by atoms with van der Waals surface area (Å²) in [7, 11) is -4.21. The fraction of sp³-hybridized carbons (Fsp3) is 0.286. The van der Waals surface area contributed by atoms with Gasteiger partial charge in [-0.25, -0.2) is 8.42 Å². The van der Waals surface area contributed by atoms with Crippen LogP contribution in [0.1, 0.15) is 31.9 Å². The molecule has 1 atom stereocenters. The van der Waals surface area contributed by atoms with Gasteiger partial charge in [-0.05, 0) is 75.7 Å². The predicted molar refractivity (Wildman–Crippen MR) is 160 cm³/mol. The number of hydrogen-bond donors (Lipinski definition) is 1. The van der Waals surface area contributed by atoms with Crippen LogP contribution < -0.4 is 9.62 Å². The van der Waals surface area contributed by atoms with Gasteiger partial charge in [0.15, 0.2) is 0 Å². The number of hydrogen-bond acceptors (Lipinski definition) is 4. The first-order valence-electron chi connectivity index (χ1n) is 12.2. The minimum absolute atomic E-state index is 0.00190. The summed E-state index contributed by atoms with van der Waals surface area (Å²) in [6.07, 6.45) is 0. The van der Waals surface area contributed by atoms with Gasteiger partial charge in [0.25, 0.3) is 10.0 Å². The Kier molecular flexibility index (Phi) is 10.5. The number of amides is 2. The second kappa shape index (κ2) is 13.2. The van der Waals surface area contributed by atoms with E-state index in [1.165, 1.54) is 35.2 Å². The number of benzene rings is 3. The minimum atomic E-state index is -4.21. The molecule has 11 heteroatoms. The Balaban J connectivity index is 2.06. The van der Waals surface area contributed by atoms with E-state index in [2.05, 4.69) is 21.2 Å². The minimum Gasteiger partial charge on any atom is -0.352 e. The standard InChI is InChI=1S/C28H30BrCl2N3O4S/c1-18(2)32-28(36)20(4)33(16-21-7-9-22(29)10-8-21)27(35)17-34(25-14-23(30)13-24(31)15-25)39(37,38)26-11-5-19(3)6-12-26/h5-15,18,20H,16-17H2,1-4H3,(H,32,36)/t20-/m1/s1. The lowest BCUT2D eigenvalue weighted by atomic mass is 10.1. The number of carbonyl (C=O) groups is 2. The Morgan fingerprint density at radius 1 is 0.923 bits per heavy atom. The molecule has 0 fully saturated rings. The molecule has 1 N–H and O–H groups in total. The Morgan fingerprint density at radius 3 is 2.03 bits per heavy atom. The molecule has 0 spiro atoms. The van der Waals surface area contributed by atoms with Crippen LogP contribution in [0.5, 0.6) is 0 Å². The topological polar surface area (TPSA) is 86.8 Å². The molecule has 0 bridgehead atoms. The van der Waals surface area contributed by atoms with Gasteiger partial charge in [-0.15, -0.1) is 0 Å². The second-order valence-electron chi connectivity index (χ2n) is 9.44. The fourth-order valence-corrected chi connectivity index (χ4v) is 6.00. The zero-order chi connectivity index (χ0) is 28.9. The molecule has 0 unspecified atom stereocenters. The molecule has 0 aromatic heterocycles. The maximum absolute atomic E-state index is 13.9. The highest BCUT2D eigenvalue weighted by molar-refractivity contribution is 9.10. The van der Waals surface area contributed by atoms with Crippen LogP contribution in [-0.4, -0.2) is 43.8 Å². The average molecular weight is 655 g/mol. The molecule has 3 rings (SSSR count). The monoisotopic (exact) mass is 653 g/mol. The lowest BCUT2D eigenvalue weighted by Gasteiger charge is -2.32. The van der Waals surface area contributed by atoms with Crippen LogP contribution in [0.15, 0.2) is 76.1 Å². The molecule has 7 nitrogen and oxygen atoms in total. The molecule has 0 saturated carbocycles. The van der Waals surface area contributed by atoms with Gasteiger partial charge in [0, 0.05) is 27.1 Å². The van der Waals surface area contributed by atoms with Gasteiger partial charge in [-0.2, -0.15) is 0 Å². The molecule has 0 radical (unpaired) electrons. The molecule has 0 aliphatic carbocycles. The van der Waals surface area contributed by atoms with E-state index in [1.54, 1.807) is 19.1 Å². The number of sulfonamides is 1. The first-order chi connectivity index (χ1) is 18.3. The molecule has 0 aliphatic heterocycles. The van der Waals surface area contributed by atoms with Gasteiger partial charge in [-0.1, -0.05) is 69.0 Å². The molecule has 2 amide bonds. The molecule has 0 aliphatic rings. The number of halogens is 3. The largest absolute Gasteiger partial charge is 0.352 e. The van der Waals surface area contributed by atoms with Gasteiger partial charge in [-0.3, -0.25) is 13.9 Å². The van der Waals surface area contributed by atoms with E-state index in [9.17, 15) is 18.0 Å². The normalized spacial score (nSPS) is 12.2. The third kappa shape index (κ3) is 8.20. The highest BCUT2D eigenvalue weighted by Gasteiger charge is 2.33. The quantitative estimate of drug-likeness (QED) is 0.282. The van der Waals surface area contributed by atoms with Crippen LogP contribution in [0.2, 0.25) is 10.0 Å². The Morgan fingerprint density at radius 2 is 1.49 bits per heavy atom. The van der Waals surface area contributed by atoms with Gasteiger partial charge in [0.05, 0.1) is 10.6 Å². The van der Waals surface area contributed by atoms with Crippen molar-refractivity contribution in [3.63, 3.8) is 0 Å². The molecular weight excluding hydrogens is 625 g/mol. The van der Waals surface area contributed by atoms with Crippen molar-refractivity contribution in [2.45, 2.75) is 51.2 Å². The Labute approximate surface area is 248 Å². The van der Waals surface area contributed by atoms with Crippen LogP contribution >= 0.6 is 39.1 Å². The van der Waals surface area contributed by atoms with Crippen LogP contribution in [0.3, 0.4) is 0 Å². The van der Waals surface area contributed by atoms with Gasteiger partial charge in [0.1, 0.15) is 12.6 Å². The smallest absolute Gasteiger partial charge is 0.264 e. The van der Waals surface area contributed by atoms with Crippen LogP contribution in [0, 0.1) is 6.92 Å². The number of rotatable bonds is 10. The van der Waals surface area contributed by atoms with E-state index in [0.29, 0.717) is 0 Å². The molecule has 0 heterocycles. The first kappa shape index (κ1) is 30.9. The third-order valence-corrected chi connectivity index (χ3v) is 8.64. The van der Waals surface area contributed by atoms with Crippen molar-refractivity contribution in [3.8, 4) is 0 Å². The van der Waals surface area contributed by atoms with Crippen LogP contribution in [0.25, 0.3) is 0 Å². The Hall–Kier alpha value is -2.59. The summed E-state index contributed by atoms with van der Waals surface area (Å²) in [6.45, 7) is 6.62. The van der Waals surface area contributed by atoms with E-state index in [0.717, 1.165) is 19.9 Å². The summed E-state index contributed by atoms with van der Waals surface area (Å²) in [5, 5.41) is 3.25. The van der Waals surface area contributed by atoms with Crippen molar-refractivity contribution in [1.29, 1.82) is 0 Å². The molecule has 208 valence electrons. The SMILES string of the molecule is Cc1ccc(S(=O)(=O)N(CC(=O)N(Cc2ccc(Br)cc2)[C@H](C)C(=O)NC(C)C)c2cc(Cl)cc(Cl)c2)cc1. The molecule has 0 saturated heterocycles. The van der Waals surface area contributed by atoms with Gasteiger partial charge >= 0.3 is 0 Å². The lowest BCUT2D eigenvalue weighted by molar-refractivity contribution is -0.139. The number of anilines is 1. The van der Waals surface area contributed by atoms with Crippen molar-refractivity contribution >= 4 is 66.7 Å². The highest BCUT2D eigenvalue weighted by Crippen LogP contribution is 2.30. The number of aryl methyl sites for hydroxylation is 1. The maximum Gasteiger partial charge on any atom is 0.264 e. The average Bonchev–Trinajstić information content (AvgIpc) is 2.85. The van der Waals surface area contributed by atoms with Crippen molar-refractivity contribution in [1.82, 2.24) is 10.2 Å². The van der Waals surface area contributed by atoms with Crippen molar-refractivity contribution < 1.29 is 18.0 Å². The number of nitrogens with zero attached hydrogens (tertiary/aromatic N) is 2. The zero-order valence-corrected chi connectivity index (χ0v) is 25.9. The lowest BCUT2D eigenvalue weighted by Crippen LogP contribution is -2.52. The van der Waals surface area contributed by atoms with Crippen molar-refractivity contribution in [2.75, 3.05) is 10.8 Å². The summed E-state index contributed by atoms with van der Waals surface area (Å²) in [6, 6.07) is 16.9. The zero-order valence-electron chi connectivity index (χ0n) is 22.0. The summed E-state index contributed by atoms with van der Waals surface area (Å²) in [4.78, 5) is 28.2. The molecule has 3 aromatic carbocycles. The van der Waals surface area contributed by atoms with E-state index >= 15 is 0 Å². The van der Waals surface area contributed by atoms with Gasteiger partial charge in [0.2, 0.25) is 11.8 Å². The summed E-state index contributed by atoms with van der Waals surface area (Å²) >= 11 is 15.8. The highest BCUT2D eigenvalue weighted by atomic mass is 79.9. The third-order valence-electron chi connectivity index (χ3n) is 5.89. The summed E-state index contributed by atoms with van der Waals surface area (Å²) in [5.41, 5.74) is 1.78. The molecular formula is C28H30BrCl2N3O4S. The van der Waals surface area contributed by atoms with E-state index in [1.807, 2.05) is 45.0 Å². The Bertz CT molecular complexity index is 1410. The predicted octanol–water partition coefficient (Wildman–Crippen LogP) is 6.20. The van der Waals surface area contributed by atoms with Gasteiger partial charge < -0.3 is 10.2 Å². The van der Waals surface area contributed by atoms with Crippen molar-refractivity contribution in [2.24, 2.45) is 0 Å². The second-order valence-corrected chi connectivity index (χ2v) is 13.1. The number of carbonyl (C=O) groups excluding carboxylic acids is 2. The fourth-order valence-electron chi connectivity index (χ4n) is 3.82. The number of nitrogens with one attached hydrogen (secondary N) is 1. The molecule has 39 heavy (non-hydrogen) atoms. The van der Waals surface area contributed by atoms with Crippen molar-refractivity contribution in [3.05, 3.63) is 92.4 Å². The molecule has 3 aromatic rings.